The molecule has 18 heavy (non-hydrogen) atoms. The first-order chi connectivity index (χ1) is 8.81. The summed E-state index contributed by atoms with van der Waals surface area (Å²) in [6, 6.07) is 5.99. The maximum atomic E-state index is 12.2. The fourth-order valence-electron chi connectivity index (χ4n) is 2.28. The van der Waals surface area contributed by atoms with E-state index in [2.05, 4.69) is 24.1 Å². The zero-order valence-corrected chi connectivity index (χ0v) is 10.9. The third-order valence-corrected chi connectivity index (χ3v) is 3.29. The first kappa shape index (κ1) is 12.8. The number of aromatic nitrogens is 1. The van der Waals surface area contributed by atoms with E-state index >= 15 is 0 Å². The highest BCUT2D eigenvalue weighted by atomic mass is 16.2. The molecular weight excluding hydrogens is 224 g/mol. The monoisotopic (exact) mass is 244 g/mol. The van der Waals surface area contributed by atoms with E-state index in [0.29, 0.717) is 12.5 Å². The van der Waals surface area contributed by atoms with Crippen LogP contribution in [0, 0.1) is 0 Å². The van der Waals surface area contributed by atoms with Gasteiger partial charge in [-0.1, -0.05) is 38.0 Å². The minimum Gasteiger partial charge on any atom is -0.332 e. The minimum absolute atomic E-state index is 0.180. The predicted molar refractivity (Wildman–Crippen MR) is 72.1 cm³/mol. The minimum atomic E-state index is 0.180. The predicted octanol–water partition coefficient (Wildman–Crippen LogP) is 2.58. The van der Waals surface area contributed by atoms with Crippen LogP contribution in [0.1, 0.15) is 31.9 Å². The summed E-state index contributed by atoms with van der Waals surface area (Å²) in [7, 11) is 0. The molecule has 1 aromatic rings. The second-order valence-corrected chi connectivity index (χ2v) is 4.68. The van der Waals surface area contributed by atoms with Gasteiger partial charge in [-0.25, -0.2) is 0 Å². The Morgan fingerprint density at radius 2 is 2.39 bits per heavy atom. The van der Waals surface area contributed by atoms with Crippen molar-refractivity contribution >= 4 is 5.91 Å². The van der Waals surface area contributed by atoms with Crippen LogP contribution >= 0.6 is 0 Å². The Morgan fingerprint density at radius 1 is 1.50 bits per heavy atom. The number of carbonyl (C=O) groups is 1. The Morgan fingerprint density at radius 3 is 3.11 bits per heavy atom. The van der Waals surface area contributed by atoms with Crippen LogP contribution in [0.4, 0.5) is 0 Å². The molecule has 0 spiro atoms. The van der Waals surface area contributed by atoms with Gasteiger partial charge < -0.3 is 4.90 Å². The molecule has 1 amide bonds. The fourth-order valence-corrected chi connectivity index (χ4v) is 2.28. The van der Waals surface area contributed by atoms with Gasteiger partial charge in [0.2, 0.25) is 5.91 Å². The number of unbranched alkanes of at least 4 members (excludes halogenated alkanes) is 1. The molecule has 0 saturated heterocycles. The van der Waals surface area contributed by atoms with Gasteiger partial charge in [0.15, 0.2) is 0 Å². The van der Waals surface area contributed by atoms with Crippen molar-refractivity contribution < 1.29 is 4.79 Å². The summed E-state index contributed by atoms with van der Waals surface area (Å²) in [6.45, 7) is 2.93. The second-order valence-electron chi connectivity index (χ2n) is 4.68. The average Bonchev–Trinajstić information content (AvgIpc) is 2.86. The number of rotatable bonds is 5. The van der Waals surface area contributed by atoms with Crippen LogP contribution in [0.5, 0.6) is 0 Å². The lowest BCUT2D eigenvalue weighted by Crippen LogP contribution is -2.37. The summed E-state index contributed by atoms with van der Waals surface area (Å²) in [6.07, 6.45) is 9.81. The molecule has 0 bridgehead atoms. The number of hydrogen-bond donors (Lipinski definition) is 0. The number of hydrogen-bond acceptors (Lipinski definition) is 2. The van der Waals surface area contributed by atoms with Crippen molar-refractivity contribution in [2.24, 2.45) is 0 Å². The SMILES string of the molecule is CCCCC1C=CCN1C(=O)Cc1ccccn1. The molecule has 1 atom stereocenters. The molecule has 0 aromatic carbocycles. The molecular formula is C15H20N2O. The van der Waals surface area contributed by atoms with Crippen molar-refractivity contribution in [2.75, 3.05) is 6.54 Å². The standard InChI is InChI=1S/C15H20N2O/c1-2-3-8-14-9-6-11-17(14)15(18)12-13-7-4-5-10-16-13/h4-7,9-10,14H,2-3,8,11-12H2,1H3. The smallest absolute Gasteiger partial charge is 0.229 e. The number of pyridine rings is 1. The number of nitrogens with zero attached hydrogens (tertiary/aromatic N) is 2. The first-order valence-corrected chi connectivity index (χ1v) is 6.67. The van der Waals surface area contributed by atoms with Gasteiger partial charge in [0.1, 0.15) is 0 Å². The van der Waals surface area contributed by atoms with E-state index in [-0.39, 0.29) is 5.91 Å². The molecule has 0 radical (unpaired) electrons. The molecule has 3 heteroatoms. The summed E-state index contributed by atoms with van der Waals surface area (Å²) in [4.78, 5) is 18.4. The van der Waals surface area contributed by atoms with Crippen molar-refractivity contribution in [2.45, 2.75) is 38.6 Å². The van der Waals surface area contributed by atoms with E-state index in [1.54, 1.807) is 6.20 Å². The zero-order valence-electron chi connectivity index (χ0n) is 10.9. The first-order valence-electron chi connectivity index (χ1n) is 6.67. The van der Waals surface area contributed by atoms with Gasteiger partial charge in [0.05, 0.1) is 12.5 Å². The van der Waals surface area contributed by atoms with Gasteiger partial charge in [-0.05, 0) is 18.6 Å². The molecule has 0 fully saturated rings. The van der Waals surface area contributed by atoms with E-state index in [9.17, 15) is 4.79 Å². The van der Waals surface area contributed by atoms with E-state index < -0.39 is 0 Å². The van der Waals surface area contributed by atoms with E-state index in [1.165, 1.54) is 12.8 Å². The molecule has 1 aromatic heterocycles. The van der Waals surface area contributed by atoms with E-state index in [4.69, 9.17) is 0 Å². The van der Waals surface area contributed by atoms with Gasteiger partial charge in [0.25, 0.3) is 0 Å². The molecule has 3 nitrogen and oxygen atoms in total. The van der Waals surface area contributed by atoms with Gasteiger partial charge in [-0.15, -0.1) is 0 Å². The highest BCUT2D eigenvalue weighted by molar-refractivity contribution is 5.79. The van der Waals surface area contributed by atoms with Gasteiger partial charge in [-0.3, -0.25) is 9.78 Å². The zero-order chi connectivity index (χ0) is 12.8. The van der Waals surface area contributed by atoms with Crippen molar-refractivity contribution in [3.05, 3.63) is 42.2 Å². The maximum Gasteiger partial charge on any atom is 0.229 e. The van der Waals surface area contributed by atoms with Crippen LogP contribution in [0.25, 0.3) is 0 Å². The molecule has 1 unspecified atom stereocenters. The quantitative estimate of drug-likeness (QED) is 0.746. The number of amides is 1. The Hall–Kier alpha value is -1.64. The molecule has 0 N–H and O–H groups in total. The lowest BCUT2D eigenvalue weighted by molar-refractivity contribution is -0.131. The lowest BCUT2D eigenvalue weighted by Gasteiger charge is -2.24. The van der Waals surface area contributed by atoms with Crippen LogP contribution in [-0.2, 0) is 11.2 Å². The fraction of sp³-hybridized carbons (Fsp3) is 0.467. The van der Waals surface area contributed by atoms with Crippen LogP contribution in [0.3, 0.4) is 0 Å². The Bertz CT molecular complexity index is 414. The van der Waals surface area contributed by atoms with Crippen LogP contribution in [0.2, 0.25) is 0 Å². The highest BCUT2D eigenvalue weighted by Gasteiger charge is 2.24. The molecule has 2 rings (SSSR count). The van der Waals surface area contributed by atoms with Crippen LogP contribution in [-0.4, -0.2) is 28.4 Å². The summed E-state index contributed by atoms with van der Waals surface area (Å²) < 4.78 is 0. The van der Waals surface area contributed by atoms with Crippen LogP contribution in [0.15, 0.2) is 36.5 Å². The Labute approximate surface area is 109 Å². The van der Waals surface area contributed by atoms with Crippen molar-refractivity contribution in [3.63, 3.8) is 0 Å². The average molecular weight is 244 g/mol. The van der Waals surface area contributed by atoms with Gasteiger partial charge >= 0.3 is 0 Å². The third-order valence-electron chi connectivity index (χ3n) is 3.29. The summed E-state index contributed by atoms with van der Waals surface area (Å²) in [5, 5.41) is 0. The van der Waals surface area contributed by atoms with Gasteiger partial charge in [0, 0.05) is 18.4 Å². The molecule has 96 valence electrons. The largest absolute Gasteiger partial charge is 0.332 e. The molecule has 1 aliphatic heterocycles. The Kier molecular flexibility index (Phi) is 4.51. The summed E-state index contributed by atoms with van der Waals surface area (Å²) in [5.74, 6) is 0.180. The Balaban J connectivity index is 1.92. The van der Waals surface area contributed by atoms with Crippen molar-refractivity contribution in [1.82, 2.24) is 9.88 Å². The summed E-state index contributed by atoms with van der Waals surface area (Å²) in [5.41, 5.74) is 0.851. The lowest BCUT2D eigenvalue weighted by atomic mass is 10.1. The number of carbonyl (C=O) groups excluding carboxylic acids is 1. The van der Waals surface area contributed by atoms with E-state index in [1.807, 2.05) is 23.1 Å². The maximum absolute atomic E-state index is 12.2. The van der Waals surface area contributed by atoms with Crippen molar-refractivity contribution in [3.8, 4) is 0 Å². The topological polar surface area (TPSA) is 33.2 Å². The van der Waals surface area contributed by atoms with E-state index in [0.717, 1.165) is 18.7 Å². The van der Waals surface area contributed by atoms with Crippen LogP contribution < -0.4 is 0 Å². The molecule has 1 aliphatic rings. The molecule has 2 heterocycles. The van der Waals surface area contributed by atoms with Crippen molar-refractivity contribution in [1.29, 1.82) is 0 Å². The summed E-state index contributed by atoms with van der Waals surface area (Å²) >= 11 is 0. The third kappa shape index (κ3) is 3.19. The highest BCUT2D eigenvalue weighted by Crippen LogP contribution is 2.17. The molecule has 0 aliphatic carbocycles. The van der Waals surface area contributed by atoms with Gasteiger partial charge in [-0.2, -0.15) is 0 Å². The second kappa shape index (κ2) is 6.34. The normalized spacial score (nSPS) is 18.3. The molecule has 0 saturated carbocycles.